The van der Waals surface area contributed by atoms with E-state index in [1.165, 1.54) is 9.88 Å². The van der Waals surface area contributed by atoms with Crippen molar-refractivity contribution in [3.63, 3.8) is 0 Å². The molecule has 2 N–H and O–H groups in total. The maximum Gasteiger partial charge on any atom is 0.191 e. The lowest BCUT2D eigenvalue weighted by atomic mass is 10.3. The number of rotatable bonds is 7. The SMILES string of the molecule is CCNC(=NCc1csc(CC)n1)NCCc1cccs1. The van der Waals surface area contributed by atoms with Crippen molar-refractivity contribution in [2.24, 2.45) is 4.99 Å². The second kappa shape index (κ2) is 8.79. The molecule has 0 amide bonds. The zero-order valence-corrected chi connectivity index (χ0v) is 14.2. The van der Waals surface area contributed by atoms with Gasteiger partial charge in [-0.15, -0.1) is 22.7 Å². The van der Waals surface area contributed by atoms with Crippen LogP contribution in [0.3, 0.4) is 0 Å². The molecular weight excluding hydrogens is 300 g/mol. The highest BCUT2D eigenvalue weighted by Gasteiger charge is 2.01. The number of aromatic nitrogens is 1. The smallest absolute Gasteiger partial charge is 0.191 e. The number of nitrogens with one attached hydrogen (secondary N) is 2. The summed E-state index contributed by atoms with van der Waals surface area (Å²) in [6, 6.07) is 4.25. The Balaban J connectivity index is 1.83. The Hall–Kier alpha value is -1.40. The highest BCUT2D eigenvalue weighted by atomic mass is 32.1. The summed E-state index contributed by atoms with van der Waals surface area (Å²) in [5.41, 5.74) is 1.05. The van der Waals surface area contributed by atoms with Gasteiger partial charge in [0.1, 0.15) is 0 Å². The zero-order valence-electron chi connectivity index (χ0n) is 12.6. The normalized spacial score (nSPS) is 11.6. The van der Waals surface area contributed by atoms with Crippen molar-refractivity contribution in [2.45, 2.75) is 33.2 Å². The Morgan fingerprint density at radius 1 is 1.29 bits per heavy atom. The molecule has 0 saturated carbocycles. The van der Waals surface area contributed by atoms with E-state index in [0.717, 1.165) is 37.6 Å². The van der Waals surface area contributed by atoms with Crippen molar-refractivity contribution >= 4 is 28.6 Å². The van der Waals surface area contributed by atoms with Crippen molar-refractivity contribution < 1.29 is 0 Å². The molecule has 21 heavy (non-hydrogen) atoms. The number of aryl methyl sites for hydroxylation is 1. The molecule has 0 aliphatic heterocycles. The highest BCUT2D eigenvalue weighted by molar-refractivity contribution is 7.10. The molecule has 0 spiro atoms. The fraction of sp³-hybridized carbons (Fsp3) is 0.467. The van der Waals surface area contributed by atoms with Crippen LogP contribution in [0.5, 0.6) is 0 Å². The van der Waals surface area contributed by atoms with Crippen LogP contribution in [-0.4, -0.2) is 24.0 Å². The molecule has 0 unspecified atom stereocenters. The van der Waals surface area contributed by atoms with E-state index in [4.69, 9.17) is 0 Å². The van der Waals surface area contributed by atoms with Gasteiger partial charge in [-0.25, -0.2) is 9.98 Å². The maximum absolute atomic E-state index is 4.59. The van der Waals surface area contributed by atoms with E-state index in [1.807, 2.05) is 0 Å². The van der Waals surface area contributed by atoms with Crippen LogP contribution in [0.1, 0.15) is 29.4 Å². The lowest BCUT2D eigenvalue weighted by Gasteiger charge is -2.10. The summed E-state index contributed by atoms with van der Waals surface area (Å²) in [6.45, 7) is 6.59. The molecule has 0 bridgehead atoms. The highest BCUT2D eigenvalue weighted by Crippen LogP contribution is 2.11. The first-order valence-corrected chi connectivity index (χ1v) is 9.05. The van der Waals surface area contributed by atoms with Crippen LogP contribution in [0, 0.1) is 0 Å². The molecule has 2 aromatic heterocycles. The summed E-state index contributed by atoms with van der Waals surface area (Å²) in [5.74, 6) is 0.861. The molecule has 4 nitrogen and oxygen atoms in total. The Morgan fingerprint density at radius 2 is 2.19 bits per heavy atom. The molecule has 0 fully saturated rings. The quantitative estimate of drug-likeness (QED) is 0.608. The van der Waals surface area contributed by atoms with E-state index in [-0.39, 0.29) is 0 Å². The Bertz CT molecular complexity index is 546. The minimum Gasteiger partial charge on any atom is -0.357 e. The Kier molecular flexibility index (Phi) is 6.69. The van der Waals surface area contributed by atoms with Crippen molar-refractivity contribution in [3.05, 3.63) is 38.5 Å². The number of thiazole rings is 1. The number of hydrogen-bond donors (Lipinski definition) is 2. The molecular formula is C15H22N4S2. The molecule has 114 valence electrons. The molecule has 6 heteroatoms. The number of hydrogen-bond acceptors (Lipinski definition) is 4. The van der Waals surface area contributed by atoms with Gasteiger partial charge in [-0.1, -0.05) is 13.0 Å². The van der Waals surface area contributed by atoms with Gasteiger partial charge in [0.2, 0.25) is 0 Å². The van der Waals surface area contributed by atoms with Gasteiger partial charge in [-0.2, -0.15) is 0 Å². The van der Waals surface area contributed by atoms with Crippen molar-refractivity contribution in [1.82, 2.24) is 15.6 Å². The van der Waals surface area contributed by atoms with Crippen molar-refractivity contribution in [3.8, 4) is 0 Å². The first kappa shape index (κ1) is 16.0. The first-order chi connectivity index (χ1) is 10.3. The monoisotopic (exact) mass is 322 g/mol. The summed E-state index contributed by atoms with van der Waals surface area (Å²) in [5, 5.41) is 12.0. The average Bonchev–Trinajstić information content (AvgIpc) is 3.16. The van der Waals surface area contributed by atoms with E-state index in [0.29, 0.717) is 6.54 Å². The fourth-order valence-electron chi connectivity index (χ4n) is 1.84. The molecule has 0 aliphatic rings. The Morgan fingerprint density at radius 3 is 2.86 bits per heavy atom. The van der Waals surface area contributed by atoms with Crippen LogP contribution in [-0.2, 0) is 19.4 Å². The number of thiophene rings is 1. The molecule has 0 radical (unpaired) electrons. The lowest BCUT2D eigenvalue weighted by Crippen LogP contribution is -2.38. The fourth-order valence-corrected chi connectivity index (χ4v) is 3.29. The van der Waals surface area contributed by atoms with Gasteiger partial charge >= 0.3 is 0 Å². The van der Waals surface area contributed by atoms with E-state index in [2.05, 4.69) is 57.4 Å². The second-order valence-corrected chi connectivity index (χ2v) is 6.51. The van der Waals surface area contributed by atoms with Crippen molar-refractivity contribution in [2.75, 3.05) is 13.1 Å². The molecule has 0 aliphatic carbocycles. The van der Waals surface area contributed by atoms with Gasteiger partial charge < -0.3 is 10.6 Å². The summed E-state index contributed by atoms with van der Waals surface area (Å²) in [6.07, 6.45) is 2.02. The Labute approximate surface area is 134 Å². The largest absolute Gasteiger partial charge is 0.357 e. The second-order valence-electron chi connectivity index (χ2n) is 4.54. The van der Waals surface area contributed by atoms with Gasteiger partial charge in [-0.05, 0) is 31.2 Å². The molecule has 0 aromatic carbocycles. The average molecular weight is 323 g/mol. The minimum atomic E-state index is 0.630. The molecule has 0 saturated heterocycles. The minimum absolute atomic E-state index is 0.630. The van der Waals surface area contributed by atoms with Crippen LogP contribution in [0.4, 0.5) is 0 Å². The standard InChI is InChI=1S/C15H22N4S2/c1-3-14-19-12(11-21-14)10-18-15(16-4-2)17-8-7-13-6-5-9-20-13/h5-6,9,11H,3-4,7-8,10H2,1-2H3,(H2,16,17,18). The lowest BCUT2D eigenvalue weighted by molar-refractivity contribution is 0.801. The van der Waals surface area contributed by atoms with Crippen LogP contribution in [0.15, 0.2) is 27.9 Å². The van der Waals surface area contributed by atoms with Gasteiger partial charge in [0.25, 0.3) is 0 Å². The third-order valence-electron chi connectivity index (χ3n) is 2.89. The van der Waals surface area contributed by atoms with Gasteiger partial charge in [0.15, 0.2) is 5.96 Å². The molecule has 2 rings (SSSR count). The predicted molar refractivity (Wildman–Crippen MR) is 92.3 cm³/mol. The van der Waals surface area contributed by atoms with Crippen molar-refractivity contribution in [1.29, 1.82) is 0 Å². The summed E-state index contributed by atoms with van der Waals surface area (Å²) in [4.78, 5) is 10.5. The third kappa shape index (κ3) is 5.47. The van der Waals surface area contributed by atoms with Crippen LogP contribution >= 0.6 is 22.7 Å². The van der Waals surface area contributed by atoms with Gasteiger partial charge in [-0.3, -0.25) is 0 Å². The van der Waals surface area contributed by atoms with E-state index in [1.54, 1.807) is 22.7 Å². The summed E-state index contributed by atoms with van der Waals surface area (Å²) >= 11 is 3.51. The topological polar surface area (TPSA) is 49.3 Å². The predicted octanol–water partition coefficient (Wildman–Crippen LogP) is 3.06. The first-order valence-electron chi connectivity index (χ1n) is 7.29. The molecule has 2 heterocycles. The van der Waals surface area contributed by atoms with Gasteiger partial charge in [0.05, 0.1) is 17.2 Å². The maximum atomic E-state index is 4.59. The van der Waals surface area contributed by atoms with E-state index >= 15 is 0 Å². The molecule has 0 atom stereocenters. The summed E-state index contributed by atoms with van der Waals surface area (Å²) in [7, 11) is 0. The van der Waals surface area contributed by atoms with Crippen LogP contribution in [0.2, 0.25) is 0 Å². The number of guanidine groups is 1. The van der Waals surface area contributed by atoms with Crippen LogP contribution < -0.4 is 10.6 Å². The van der Waals surface area contributed by atoms with E-state index < -0.39 is 0 Å². The zero-order chi connectivity index (χ0) is 14.9. The number of aliphatic imine (C=N–C) groups is 1. The summed E-state index contributed by atoms with van der Waals surface area (Å²) < 4.78 is 0. The van der Waals surface area contributed by atoms with Crippen LogP contribution in [0.25, 0.3) is 0 Å². The third-order valence-corrected chi connectivity index (χ3v) is 4.87. The molecule has 2 aromatic rings. The van der Waals surface area contributed by atoms with Gasteiger partial charge in [0, 0.05) is 23.3 Å². The van der Waals surface area contributed by atoms with E-state index in [9.17, 15) is 0 Å². The number of nitrogens with zero attached hydrogens (tertiary/aromatic N) is 2.